The topological polar surface area (TPSA) is 23.5 Å². The van der Waals surface area contributed by atoms with Gasteiger partial charge in [-0.05, 0) is 17.7 Å². The van der Waals surface area contributed by atoms with Crippen LogP contribution in [-0.2, 0) is 0 Å². The van der Waals surface area contributed by atoms with E-state index in [1.54, 1.807) is 12.3 Å². The van der Waals surface area contributed by atoms with Crippen molar-refractivity contribution in [2.75, 3.05) is 5.06 Å². The van der Waals surface area contributed by atoms with Gasteiger partial charge < -0.3 is 0 Å². The van der Waals surface area contributed by atoms with Crippen LogP contribution in [-0.4, -0.2) is 5.21 Å². The third-order valence-electron chi connectivity index (χ3n) is 1.91. The van der Waals surface area contributed by atoms with E-state index in [2.05, 4.69) is 6.58 Å². The van der Waals surface area contributed by atoms with Gasteiger partial charge in [-0.25, -0.2) is 5.06 Å². The highest BCUT2D eigenvalue weighted by Crippen LogP contribution is 2.29. The van der Waals surface area contributed by atoms with E-state index in [9.17, 15) is 5.21 Å². The van der Waals surface area contributed by atoms with E-state index in [0.717, 1.165) is 21.9 Å². The number of hydroxylamine groups is 1. The van der Waals surface area contributed by atoms with Crippen molar-refractivity contribution in [1.82, 2.24) is 0 Å². The molecule has 1 aliphatic heterocycles. The molecule has 0 aromatic heterocycles. The second-order valence-corrected chi connectivity index (χ2v) is 2.70. The molecule has 2 rings (SSSR count). The van der Waals surface area contributed by atoms with Crippen LogP contribution in [0.4, 0.5) is 5.69 Å². The Labute approximate surface area is 71.0 Å². The van der Waals surface area contributed by atoms with Crippen LogP contribution < -0.4 is 5.06 Å². The number of benzene rings is 1. The van der Waals surface area contributed by atoms with Crippen molar-refractivity contribution in [3.8, 4) is 0 Å². The molecule has 1 N–H and O–H groups in total. The number of hydrogen-bond acceptors (Lipinski definition) is 2. The van der Waals surface area contributed by atoms with Crippen LogP contribution in [0.1, 0.15) is 5.56 Å². The summed E-state index contributed by atoms with van der Waals surface area (Å²) in [5.74, 6) is 0. The third-order valence-corrected chi connectivity index (χ3v) is 1.91. The Hall–Kier alpha value is -1.54. The lowest BCUT2D eigenvalue weighted by Gasteiger charge is -2.20. The molecule has 1 heterocycles. The minimum Gasteiger partial charge on any atom is -0.284 e. The number of allylic oxidation sites excluding steroid dienone is 2. The van der Waals surface area contributed by atoms with Crippen molar-refractivity contribution >= 4 is 11.3 Å². The average molecular weight is 159 g/mol. The molecular weight excluding hydrogens is 150 g/mol. The minimum atomic E-state index is 0.782. The summed E-state index contributed by atoms with van der Waals surface area (Å²) in [5, 5.41) is 10.5. The van der Waals surface area contributed by atoms with Gasteiger partial charge in [0.2, 0.25) is 0 Å². The molecule has 0 saturated heterocycles. The zero-order valence-corrected chi connectivity index (χ0v) is 6.57. The van der Waals surface area contributed by atoms with Crippen molar-refractivity contribution < 1.29 is 5.21 Å². The molecule has 60 valence electrons. The highest BCUT2D eigenvalue weighted by Gasteiger charge is 2.11. The molecular formula is C10H9NO. The molecule has 0 aliphatic carbocycles. The number of para-hydroxylation sites is 1. The fraction of sp³-hybridized carbons (Fsp3) is 0. The van der Waals surface area contributed by atoms with Gasteiger partial charge in [-0.1, -0.05) is 24.8 Å². The predicted octanol–water partition coefficient (Wildman–Crippen LogP) is 2.42. The van der Waals surface area contributed by atoms with E-state index in [-0.39, 0.29) is 0 Å². The molecule has 0 unspecified atom stereocenters. The Bertz CT molecular complexity index is 355. The lowest BCUT2D eigenvalue weighted by atomic mass is 10.0. The Morgan fingerprint density at radius 1 is 1.25 bits per heavy atom. The van der Waals surface area contributed by atoms with Crippen molar-refractivity contribution in [2.45, 2.75) is 0 Å². The fourth-order valence-corrected chi connectivity index (χ4v) is 1.28. The molecule has 0 bridgehead atoms. The first-order valence-electron chi connectivity index (χ1n) is 3.73. The van der Waals surface area contributed by atoms with E-state index in [1.165, 1.54) is 0 Å². The van der Waals surface area contributed by atoms with Gasteiger partial charge >= 0.3 is 0 Å². The lowest BCUT2D eigenvalue weighted by molar-refractivity contribution is 0.295. The molecule has 2 nitrogen and oxygen atoms in total. The highest BCUT2D eigenvalue weighted by molar-refractivity contribution is 5.84. The fourth-order valence-electron chi connectivity index (χ4n) is 1.28. The van der Waals surface area contributed by atoms with Crippen LogP contribution >= 0.6 is 0 Å². The SMILES string of the molecule is C=C1C=CN(O)c2ccccc21. The van der Waals surface area contributed by atoms with E-state index in [1.807, 2.05) is 24.3 Å². The van der Waals surface area contributed by atoms with Crippen LogP contribution in [0.5, 0.6) is 0 Å². The quantitative estimate of drug-likeness (QED) is 0.628. The molecule has 0 fully saturated rings. The van der Waals surface area contributed by atoms with Crippen LogP contribution in [0.25, 0.3) is 5.57 Å². The van der Waals surface area contributed by atoms with Gasteiger partial charge in [0, 0.05) is 11.8 Å². The van der Waals surface area contributed by atoms with Crippen molar-refractivity contribution in [2.24, 2.45) is 0 Å². The molecule has 12 heavy (non-hydrogen) atoms. The van der Waals surface area contributed by atoms with Crippen molar-refractivity contribution in [3.63, 3.8) is 0 Å². The summed E-state index contributed by atoms with van der Waals surface area (Å²) in [4.78, 5) is 0. The van der Waals surface area contributed by atoms with Gasteiger partial charge in [0.25, 0.3) is 0 Å². The van der Waals surface area contributed by atoms with Crippen LogP contribution in [0.3, 0.4) is 0 Å². The maximum atomic E-state index is 9.38. The molecule has 1 aliphatic rings. The van der Waals surface area contributed by atoms with Gasteiger partial charge in [0.15, 0.2) is 0 Å². The van der Waals surface area contributed by atoms with Gasteiger partial charge in [-0.3, -0.25) is 5.21 Å². The largest absolute Gasteiger partial charge is 0.284 e. The summed E-state index contributed by atoms with van der Waals surface area (Å²) >= 11 is 0. The number of nitrogens with zero attached hydrogens (tertiary/aromatic N) is 1. The Balaban J connectivity index is 2.61. The molecule has 0 saturated carbocycles. The Morgan fingerprint density at radius 3 is 2.75 bits per heavy atom. The minimum absolute atomic E-state index is 0.782. The zero-order chi connectivity index (χ0) is 8.55. The monoisotopic (exact) mass is 159 g/mol. The maximum absolute atomic E-state index is 9.38. The molecule has 2 heteroatoms. The van der Waals surface area contributed by atoms with E-state index < -0.39 is 0 Å². The summed E-state index contributed by atoms with van der Waals surface area (Å²) in [5.41, 5.74) is 2.68. The van der Waals surface area contributed by atoms with Crippen LogP contribution in [0, 0.1) is 0 Å². The van der Waals surface area contributed by atoms with Crippen molar-refractivity contribution in [3.05, 3.63) is 48.7 Å². The summed E-state index contributed by atoms with van der Waals surface area (Å²) < 4.78 is 0. The predicted molar refractivity (Wildman–Crippen MR) is 48.9 cm³/mol. The molecule has 0 spiro atoms. The first kappa shape index (κ1) is 7.13. The summed E-state index contributed by atoms with van der Waals surface area (Å²) in [6.45, 7) is 3.87. The molecule has 0 amide bonds. The molecule has 0 radical (unpaired) electrons. The second kappa shape index (κ2) is 2.50. The first-order valence-corrected chi connectivity index (χ1v) is 3.73. The number of rotatable bonds is 0. The van der Waals surface area contributed by atoms with E-state index >= 15 is 0 Å². The highest BCUT2D eigenvalue weighted by atomic mass is 16.5. The zero-order valence-electron chi connectivity index (χ0n) is 6.57. The van der Waals surface area contributed by atoms with Crippen LogP contribution in [0.2, 0.25) is 0 Å². The van der Waals surface area contributed by atoms with Gasteiger partial charge in [-0.2, -0.15) is 0 Å². The van der Waals surface area contributed by atoms with Crippen LogP contribution in [0.15, 0.2) is 43.1 Å². The molecule has 1 aromatic rings. The third kappa shape index (κ3) is 0.933. The average Bonchev–Trinajstić information content (AvgIpc) is 2.12. The normalized spacial score (nSPS) is 14.8. The Morgan fingerprint density at radius 2 is 2.00 bits per heavy atom. The standard InChI is InChI=1S/C10H9NO/c1-8-6-7-11(12)10-5-3-2-4-9(8)10/h2-7,12H,1H2. The molecule has 1 aromatic carbocycles. The number of hydrogen-bond donors (Lipinski definition) is 1. The number of anilines is 1. The summed E-state index contributed by atoms with van der Waals surface area (Å²) in [6, 6.07) is 7.60. The van der Waals surface area contributed by atoms with E-state index in [0.29, 0.717) is 0 Å². The first-order chi connectivity index (χ1) is 5.79. The number of fused-ring (bicyclic) bond motifs is 1. The van der Waals surface area contributed by atoms with Gasteiger partial charge in [0.05, 0.1) is 5.69 Å². The Kier molecular flexibility index (Phi) is 1.48. The second-order valence-electron chi connectivity index (χ2n) is 2.70. The van der Waals surface area contributed by atoms with Gasteiger partial charge in [0.1, 0.15) is 0 Å². The lowest BCUT2D eigenvalue weighted by Crippen LogP contribution is -2.13. The smallest absolute Gasteiger partial charge is 0.0764 e. The molecule has 0 atom stereocenters. The summed E-state index contributed by atoms with van der Waals surface area (Å²) in [6.07, 6.45) is 3.37. The summed E-state index contributed by atoms with van der Waals surface area (Å²) in [7, 11) is 0. The van der Waals surface area contributed by atoms with Crippen molar-refractivity contribution in [1.29, 1.82) is 0 Å². The van der Waals surface area contributed by atoms with E-state index in [4.69, 9.17) is 0 Å². The van der Waals surface area contributed by atoms with Gasteiger partial charge in [-0.15, -0.1) is 0 Å². The maximum Gasteiger partial charge on any atom is 0.0764 e.